The molecule has 2 aromatic carbocycles. The van der Waals surface area contributed by atoms with Crippen molar-refractivity contribution in [2.45, 2.75) is 10.8 Å². The number of benzene rings is 2. The van der Waals surface area contributed by atoms with Crippen molar-refractivity contribution in [3.05, 3.63) is 76.1 Å². The van der Waals surface area contributed by atoms with E-state index in [0.717, 1.165) is 16.9 Å². The Kier molecular flexibility index (Phi) is 5.69. The number of hydrogen-bond donors (Lipinski definition) is 3. The average Bonchev–Trinajstić information content (AvgIpc) is 3.15. The van der Waals surface area contributed by atoms with E-state index < -0.39 is 15.9 Å². The van der Waals surface area contributed by atoms with E-state index in [1.54, 1.807) is 29.6 Å². The zero-order chi connectivity index (χ0) is 19.4. The number of anilines is 1. The van der Waals surface area contributed by atoms with Gasteiger partial charge >= 0.3 is 0 Å². The second-order valence-corrected chi connectivity index (χ2v) is 8.88. The summed E-state index contributed by atoms with van der Waals surface area (Å²) in [5.74, 6) is -0.815. The molecule has 3 rings (SSSR count). The minimum absolute atomic E-state index is 0.0381. The van der Waals surface area contributed by atoms with E-state index in [1.165, 1.54) is 24.3 Å². The van der Waals surface area contributed by atoms with E-state index in [4.69, 9.17) is 11.6 Å². The quantitative estimate of drug-likeness (QED) is 0.562. The van der Waals surface area contributed by atoms with Crippen molar-refractivity contribution in [2.24, 2.45) is 0 Å². The molecule has 3 N–H and O–H groups in total. The molecule has 27 heavy (non-hydrogen) atoms. The van der Waals surface area contributed by atoms with Crippen LogP contribution in [0, 0.1) is 0 Å². The van der Waals surface area contributed by atoms with Gasteiger partial charge in [-0.15, -0.1) is 11.3 Å². The molecule has 1 heterocycles. The third-order valence-electron chi connectivity index (χ3n) is 3.60. The van der Waals surface area contributed by atoms with E-state index in [0.29, 0.717) is 5.02 Å². The lowest BCUT2D eigenvalue weighted by Gasteiger charge is -2.10. The fourth-order valence-corrected chi connectivity index (χ4v) is 4.59. The molecule has 0 fully saturated rings. The van der Waals surface area contributed by atoms with Gasteiger partial charge < -0.3 is 10.4 Å². The molecule has 140 valence electrons. The number of halogens is 1. The molecule has 0 radical (unpaired) electrons. The highest BCUT2D eigenvalue weighted by atomic mass is 35.5. The van der Waals surface area contributed by atoms with Gasteiger partial charge in [0.15, 0.2) is 0 Å². The van der Waals surface area contributed by atoms with Crippen LogP contribution < -0.4 is 10.0 Å². The number of carbonyl (C=O) groups is 1. The van der Waals surface area contributed by atoms with Crippen LogP contribution in [0.5, 0.6) is 5.75 Å². The second-order valence-electron chi connectivity index (χ2n) is 5.58. The maximum Gasteiger partial charge on any atom is 0.271 e. The van der Waals surface area contributed by atoms with Crippen LogP contribution in [0.4, 0.5) is 5.69 Å². The first-order valence-electron chi connectivity index (χ1n) is 7.77. The summed E-state index contributed by atoms with van der Waals surface area (Å²) in [5, 5.41) is 15.0. The van der Waals surface area contributed by atoms with Gasteiger partial charge in [0, 0.05) is 17.6 Å². The second kappa shape index (κ2) is 7.99. The molecule has 0 saturated heterocycles. The Morgan fingerprint density at radius 3 is 2.59 bits per heavy atom. The van der Waals surface area contributed by atoms with E-state index >= 15 is 0 Å². The first-order valence-corrected chi connectivity index (χ1v) is 10.5. The Morgan fingerprint density at radius 1 is 1.11 bits per heavy atom. The molecule has 9 heteroatoms. The molecule has 6 nitrogen and oxygen atoms in total. The number of nitrogens with one attached hydrogen (secondary N) is 2. The van der Waals surface area contributed by atoms with Gasteiger partial charge in [-0.05, 0) is 41.3 Å². The van der Waals surface area contributed by atoms with Crippen molar-refractivity contribution in [3.8, 4) is 5.75 Å². The van der Waals surface area contributed by atoms with Crippen molar-refractivity contribution in [2.75, 3.05) is 4.72 Å². The van der Waals surface area contributed by atoms with Gasteiger partial charge in [0.1, 0.15) is 9.96 Å². The van der Waals surface area contributed by atoms with Crippen LogP contribution >= 0.6 is 22.9 Å². The molecule has 1 amide bonds. The van der Waals surface area contributed by atoms with Crippen molar-refractivity contribution in [1.29, 1.82) is 0 Å². The van der Waals surface area contributed by atoms with Crippen molar-refractivity contribution >= 4 is 44.6 Å². The monoisotopic (exact) mass is 422 g/mol. The smallest absolute Gasteiger partial charge is 0.271 e. The molecule has 0 aliphatic carbocycles. The number of phenolic OH excluding ortho intramolecular Hbond substituents is 1. The highest BCUT2D eigenvalue weighted by molar-refractivity contribution is 7.94. The fraction of sp³-hybridized carbons (Fsp3) is 0.0556. The minimum Gasteiger partial charge on any atom is -0.507 e. The van der Waals surface area contributed by atoms with Crippen LogP contribution in [-0.2, 0) is 16.6 Å². The Balaban J connectivity index is 1.70. The van der Waals surface area contributed by atoms with Gasteiger partial charge in [-0.3, -0.25) is 9.52 Å². The summed E-state index contributed by atoms with van der Waals surface area (Å²) >= 11 is 6.98. The van der Waals surface area contributed by atoms with Gasteiger partial charge in [-0.25, -0.2) is 8.42 Å². The Morgan fingerprint density at radius 2 is 1.93 bits per heavy atom. The Bertz CT molecular complexity index is 1070. The lowest BCUT2D eigenvalue weighted by Crippen LogP contribution is -2.23. The average molecular weight is 423 g/mol. The maximum absolute atomic E-state index is 12.3. The number of amides is 1. The number of carbonyl (C=O) groups excluding carboxylic acids is 1. The van der Waals surface area contributed by atoms with Gasteiger partial charge in [0.05, 0.1) is 11.3 Å². The first-order chi connectivity index (χ1) is 12.8. The lowest BCUT2D eigenvalue weighted by atomic mass is 10.1. The van der Waals surface area contributed by atoms with Crippen LogP contribution in [0.25, 0.3) is 0 Å². The summed E-state index contributed by atoms with van der Waals surface area (Å²) in [6, 6.07) is 14.1. The topological polar surface area (TPSA) is 95.5 Å². The summed E-state index contributed by atoms with van der Waals surface area (Å²) in [6.45, 7) is 0.242. The van der Waals surface area contributed by atoms with Gasteiger partial charge in [-0.2, -0.15) is 0 Å². The zero-order valence-electron chi connectivity index (χ0n) is 13.8. The number of phenols is 1. The first kappa shape index (κ1) is 19.2. The predicted octanol–water partition coefficient (Wildman–Crippen LogP) is 3.84. The van der Waals surface area contributed by atoms with E-state index in [9.17, 15) is 18.3 Å². The van der Waals surface area contributed by atoms with E-state index in [-0.39, 0.29) is 27.8 Å². The van der Waals surface area contributed by atoms with Crippen LogP contribution in [0.2, 0.25) is 5.02 Å². The predicted molar refractivity (Wildman–Crippen MR) is 106 cm³/mol. The summed E-state index contributed by atoms with van der Waals surface area (Å²) in [5.41, 5.74) is 1.01. The summed E-state index contributed by atoms with van der Waals surface area (Å²) in [4.78, 5) is 12.3. The van der Waals surface area contributed by atoms with Crippen LogP contribution in [0.15, 0.2) is 64.2 Å². The van der Waals surface area contributed by atoms with E-state index in [2.05, 4.69) is 10.0 Å². The third kappa shape index (κ3) is 4.79. The minimum atomic E-state index is -3.73. The molecule has 0 spiro atoms. The summed E-state index contributed by atoms with van der Waals surface area (Å²) in [7, 11) is -3.73. The standard InChI is InChI=1S/C18H15ClN2O4S2/c19-13-4-1-3-12(9-13)11-20-18(23)15-7-6-14(10-16(15)22)21-27(24,25)17-5-2-8-26-17/h1-10,21-22H,11H2,(H,20,23). The molecule has 0 aliphatic heterocycles. The highest BCUT2D eigenvalue weighted by Crippen LogP contribution is 2.25. The number of rotatable bonds is 6. The van der Waals surface area contributed by atoms with Crippen LogP contribution in [0.3, 0.4) is 0 Å². The molecular weight excluding hydrogens is 408 g/mol. The van der Waals surface area contributed by atoms with Crippen LogP contribution in [-0.4, -0.2) is 19.4 Å². The number of aromatic hydroxyl groups is 1. The maximum atomic E-state index is 12.3. The largest absolute Gasteiger partial charge is 0.507 e. The normalized spacial score (nSPS) is 11.1. The number of sulfonamides is 1. The molecule has 0 unspecified atom stereocenters. The Hall–Kier alpha value is -2.55. The fourth-order valence-electron chi connectivity index (χ4n) is 2.33. The van der Waals surface area contributed by atoms with Crippen LogP contribution in [0.1, 0.15) is 15.9 Å². The van der Waals surface area contributed by atoms with Crippen molar-refractivity contribution < 1.29 is 18.3 Å². The van der Waals surface area contributed by atoms with Crippen molar-refractivity contribution in [3.63, 3.8) is 0 Å². The third-order valence-corrected chi connectivity index (χ3v) is 6.61. The molecule has 0 aliphatic rings. The Labute approximate surface area is 165 Å². The van der Waals surface area contributed by atoms with Gasteiger partial charge in [-0.1, -0.05) is 29.8 Å². The molecular formula is C18H15ClN2O4S2. The molecule has 3 aromatic rings. The molecule has 0 atom stereocenters. The highest BCUT2D eigenvalue weighted by Gasteiger charge is 2.17. The molecule has 0 bridgehead atoms. The molecule has 0 saturated carbocycles. The summed E-state index contributed by atoms with van der Waals surface area (Å²) < 4.78 is 26.9. The number of thiophene rings is 1. The van der Waals surface area contributed by atoms with Gasteiger partial charge in [0.25, 0.3) is 15.9 Å². The zero-order valence-corrected chi connectivity index (χ0v) is 16.2. The van der Waals surface area contributed by atoms with Gasteiger partial charge in [0.2, 0.25) is 0 Å². The summed E-state index contributed by atoms with van der Waals surface area (Å²) in [6.07, 6.45) is 0. The van der Waals surface area contributed by atoms with Crippen molar-refractivity contribution in [1.82, 2.24) is 5.32 Å². The SMILES string of the molecule is O=C(NCc1cccc(Cl)c1)c1ccc(NS(=O)(=O)c2cccs2)cc1O. The lowest BCUT2D eigenvalue weighted by molar-refractivity contribution is 0.0948. The van der Waals surface area contributed by atoms with E-state index in [1.807, 2.05) is 6.07 Å². The number of hydrogen-bond acceptors (Lipinski definition) is 5. The molecule has 1 aromatic heterocycles.